The van der Waals surface area contributed by atoms with E-state index in [9.17, 15) is 4.79 Å². The van der Waals surface area contributed by atoms with Crippen LogP contribution in [0.1, 0.15) is 20.8 Å². The summed E-state index contributed by atoms with van der Waals surface area (Å²) < 4.78 is 11.3. The summed E-state index contributed by atoms with van der Waals surface area (Å²) in [6, 6.07) is 15.0. The normalized spacial score (nSPS) is 10.4. The molecule has 0 aliphatic carbocycles. The molecule has 2 N–H and O–H groups in total. The van der Waals surface area contributed by atoms with E-state index < -0.39 is 0 Å². The summed E-state index contributed by atoms with van der Waals surface area (Å²) in [5.74, 6) is 1.69. The molecule has 0 heterocycles. The molecule has 0 aromatic heterocycles. The van der Waals surface area contributed by atoms with Gasteiger partial charge in [-0.1, -0.05) is 38.1 Å². The van der Waals surface area contributed by atoms with Crippen molar-refractivity contribution in [1.29, 1.82) is 0 Å². The molecule has 1 amide bonds. The number of rotatable bonds is 9. The minimum absolute atomic E-state index is 0.141. The van der Waals surface area contributed by atoms with E-state index in [-0.39, 0.29) is 12.5 Å². The van der Waals surface area contributed by atoms with Crippen LogP contribution in [-0.4, -0.2) is 25.7 Å². The van der Waals surface area contributed by atoms with Crippen LogP contribution in [0.4, 0.5) is 11.4 Å². The van der Waals surface area contributed by atoms with Crippen molar-refractivity contribution in [2.45, 2.75) is 20.8 Å². The lowest BCUT2D eigenvalue weighted by molar-refractivity contribution is -0.114. The Morgan fingerprint density at radius 1 is 0.960 bits per heavy atom. The molecule has 5 heteroatoms. The van der Waals surface area contributed by atoms with Gasteiger partial charge in [0.1, 0.15) is 11.5 Å². The summed E-state index contributed by atoms with van der Waals surface area (Å²) in [5.41, 5.74) is 1.47. The van der Waals surface area contributed by atoms with Crippen LogP contribution < -0.4 is 20.1 Å². The second-order valence-corrected chi connectivity index (χ2v) is 6.03. The van der Waals surface area contributed by atoms with E-state index in [2.05, 4.69) is 24.5 Å². The van der Waals surface area contributed by atoms with E-state index in [0.717, 1.165) is 11.4 Å². The van der Waals surface area contributed by atoms with Gasteiger partial charge >= 0.3 is 0 Å². The van der Waals surface area contributed by atoms with E-state index in [0.29, 0.717) is 30.6 Å². The standard InChI is InChI=1S/C20H26N2O3/c1-4-24-18-11-7-5-9-16(18)21-13-20(23)22-17-10-6-8-12-19(17)25-14-15(2)3/h5-12,15,21H,4,13-14H2,1-3H3,(H,22,23). The Balaban J connectivity index is 1.95. The van der Waals surface area contributed by atoms with Gasteiger partial charge in [0.15, 0.2) is 0 Å². The van der Waals surface area contributed by atoms with Gasteiger partial charge in [0.25, 0.3) is 0 Å². The van der Waals surface area contributed by atoms with Gasteiger partial charge in [-0.05, 0) is 37.1 Å². The molecule has 0 saturated heterocycles. The molecule has 0 saturated carbocycles. The third kappa shape index (κ3) is 6.03. The van der Waals surface area contributed by atoms with Gasteiger partial charge in [-0.2, -0.15) is 0 Å². The highest BCUT2D eigenvalue weighted by molar-refractivity contribution is 5.95. The van der Waals surface area contributed by atoms with E-state index >= 15 is 0 Å². The number of para-hydroxylation sites is 4. The largest absolute Gasteiger partial charge is 0.492 e. The average Bonchev–Trinajstić information content (AvgIpc) is 2.60. The molecule has 134 valence electrons. The van der Waals surface area contributed by atoms with Crippen molar-refractivity contribution in [2.24, 2.45) is 5.92 Å². The maximum absolute atomic E-state index is 12.3. The molecular weight excluding hydrogens is 316 g/mol. The highest BCUT2D eigenvalue weighted by atomic mass is 16.5. The van der Waals surface area contributed by atoms with E-state index in [1.54, 1.807) is 0 Å². The fourth-order valence-corrected chi connectivity index (χ4v) is 2.22. The zero-order valence-electron chi connectivity index (χ0n) is 15.0. The predicted octanol–water partition coefficient (Wildman–Crippen LogP) is 4.17. The molecule has 0 atom stereocenters. The third-order valence-electron chi connectivity index (χ3n) is 3.36. The summed E-state index contributed by atoms with van der Waals surface area (Å²) in [4.78, 5) is 12.3. The topological polar surface area (TPSA) is 59.6 Å². The smallest absolute Gasteiger partial charge is 0.243 e. The van der Waals surface area contributed by atoms with Crippen LogP contribution in [0.2, 0.25) is 0 Å². The second-order valence-electron chi connectivity index (χ2n) is 6.03. The van der Waals surface area contributed by atoms with Crippen LogP contribution in [0.5, 0.6) is 11.5 Å². The minimum Gasteiger partial charge on any atom is -0.492 e. The number of amides is 1. The molecule has 0 bridgehead atoms. The van der Waals surface area contributed by atoms with Crippen LogP contribution in [0.3, 0.4) is 0 Å². The van der Waals surface area contributed by atoms with Crippen molar-refractivity contribution in [1.82, 2.24) is 0 Å². The SMILES string of the molecule is CCOc1ccccc1NCC(=O)Nc1ccccc1OCC(C)C. The van der Waals surface area contributed by atoms with Crippen LogP contribution in [0, 0.1) is 5.92 Å². The minimum atomic E-state index is -0.146. The van der Waals surface area contributed by atoms with Crippen molar-refractivity contribution < 1.29 is 14.3 Å². The zero-order chi connectivity index (χ0) is 18.1. The van der Waals surface area contributed by atoms with Crippen molar-refractivity contribution in [3.8, 4) is 11.5 Å². The molecule has 25 heavy (non-hydrogen) atoms. The fraction of sp³-hybridized carbons (Fsp3) is 0.350. The maximum atomic E-state index is 12.3. The highest BCUT2D eigenvalue weighted by Gasteiger charge is 2.09. The Kier molecular flexibility index (Phi) is 7.14. The van der Waals surface area contributed by atoms with E-state index in [1.165, 1.54) is 0 Å². The number of hydrogen-bond donors (Lipinski definition) is 2. The highest BCUT2D eigenvalue weighted by Crippen LogP contribution is 2.25. The number of benzene rings is 2. The first-order valence-electron chi connectivity index (χ1n) is 8.57. The van der Waals surface area contributed by atoms with Gasteiger partial charge in [0.05, 0.1) is 31.1 Å². The number of anilines is 2. The van der Waals surface area contributed by atoms with Gasteiger partial charge in [0, 0.05) is 0 Å². The Hall–Kier alpha value is -2.69. The van der Waals surface area contributed by atoms with Gasteiger partial charge < -0.3 is 20.1 Å². The molecule has 0 fully saturated rings. The van der Waals surface area contributed by atoms with Crippen LogP contribution in [-0.2, 0) is 4.79 Å². The monoisotopic (exact) mass is 342 g/mol. The molecule has 0 radical (unpaired) electrons. The lowest BCUT2D eigenvalue weighted by atomic mass is 10.2. The van der Waals surface area contributed by atoms with Crippen LogP contribution >= 0.6 is 0 Å². The summed E-state index contributed by atoms with van der Waals surface area (Å²) in [5, 5.41) is 6.00. The summed E-state index contributed by atoms with van der Waals surface area (Å²) in [6.45, 7) is 7.42. The van der Waals surface area contributed by atoms with Gasteiger partial charge in [0.2, 0.25) is 5.91 Å². The Labute approximate surface area is 149 Å². The lowest BCUT2D eigenvalue weighted by Gasteiger charge is -2.15. The van der Waals surface area contributed by atoms with Gasteiger partial charge in [-0.25, -0.2) is 0 Å². The summed E-state index contributed by atoms with van der Waals surface area (Å²) in [7, 11) is 0. The lowest BCUT2D eigenvalue weighted by Crippen LogP contribution is -2.22. The maximum Gasteiger partial charge on any atom is 0.243 e. The van der Waals surface area contributed by atoms with Crippen molar-refractivity contribution in [2.75, 3.05) is 30.4 Å². The quantitative estimate of drug-likeness (QED) is 0.718. The molecule has 0 aliphatic heterocycles. The Bertz CT molecular complexity index is 686. The van der Waals surface area contributed by atoms with Crippen molar-refractivity contribution >= 4 is 17.3 Å². The number of ether oxygens (including phenoxy) is 2. The number of hydrogen-bond acceptors (Lipinski definition) is 4. The Morgan fingerprint density at radius 3 is 2.20 bits per heavy atom. The Morgan fingerprint density at radius 2 is 1.56 bits per heavy atom. The van der Waals surface area contributed by atoms with Crippen molar-refractivity contribution in [3.05, 3.63) is 48.5 Å². The second kappa shape index (κ2) is 9.57. The first kappa shape index (κ1) is 18.6. The number of carbonyl (C=O) groups excluding carboxylic acids is 1. The number of nitrogens with one attached hydrogen (secondary N) is 2. The molecule has 2 aromatic carbocycles. The number of carbonyl (C=O) groups is 1. The zero-order valence-corrected chi connectivity index (χ0v) is 15.0. The summed E-state index contributed by atoms with van der Waals surface area (Å²) >= 11 is 0. The van der Waals surface area contributed by atoms with Crippen LogP contribution in [0.25, 0.3) is 0 Å². The molecule has 0 unspecified atom stereocenters. The van der Waals surface area contributed by atoms with E-state index in [4.69, 9.17) is 9.47 Å². The fourth-order valence-electron chi connectivity index (χ4n) is 2.22. The van der Waals surface area contributed by atoms with Crippen LogP contribution in [0.15, 0.2) is 48.5 Å². The third-order valence-corrected chi connectivity index (χ3v) is 3.36. The predicted molar refractivity (Wildman–Crippen MR) is 102 cm³/mol. The summed E-state index contributed by atoms with van der Waals surface area (Å²) in [6.07, 6.45) is 0. The average molecular weight is 342 g/mol. The van der Waals surface area contributed by atoms with Crippen molar-refractivity contribution in [3.63, 3.8) is 0 Å². The molecule has 0 spiro atoms. The van der Waals surface area contributed by atoms with Gasteiger partial charge in [-0.3, -0.25) is 4.79 Å². The molecule has 0 aliphatic rings. The first-order valence-corrected chi connectivity index (χ1v) is 8.57. The van der Waals surface area contributed by atoms with Gasteiger partial charge in [-0.15, -0.1) is 0 Å². The molecule has 5 nitrogen and oxygen atoms in total. The molecular formula is C20H26N2O3. The molecule has 2 aromatic rings. The first-order chi connectivity index (χ1) is 12.1. The van der Waals surface area contributed by atoms with E-state index in [1.807, 2.05) is 55.5 Å². The molecule has 2 rings (SSSR count).